The highest BCUT2D eigenvalue weighted by molar-refractivity contribution is 5.72. The van der Waals surface area contributed by atoms with Crippen molar-refractivity contribution in [3.05, 3.63) is 0 Å². The number of hydrogen-bond acceptors (Lipinski definition) is 2. The van der Waals surface area contributed by atoms with Crippen molar-refractivity contribution in [2.24, 2.45) is 11.8 Å². The van der Waals surface area contributed by atoms with E-state index in [0.717, 1.165) is 0 Å². The van der Waals surface area contributed by atoms with E-state index in [1.165, 1.54) is 0 Å². The number of rotatable bonds is 6. The number of hydrogen-bond donors (Lipinski definition) is 2. The molecule has 1 atom stereocenters. The molecule has 0 aromatic carbocycles. The first kappa shape index (κ1) is 11.9. The summed E-state index contributed by atoms with van der Waals surface area (Å²) >= 11 is 0. The highest BCUT2D eigenvalue weighted by Crippen LogP contribution is 2.17. The van der Waals surface area contributed by atoms with Crippen molar-refractivity contribution in [3.63, 3.8) is 0 Å². The minimum Gasteiger partial charge on any atom is -0.481 e. The van der Waals surface area contributed by atoms with Crippen LogP contribution in [0, 0.1) is 11.8 Å². The van der Waals surface area contributed by atoms with Crippen LogP contribution >= 0.6 is 0 Å². The molecule has 0 aromatic rings. The zero-order valence-electron chi connectivity index (χ0n) is 7.99. The van der Waals surface area contributed by atoms with Gasteiger partial charge in [-0.15, -0.1) is 0 Å². The molecule has 0 rings (SSSR count). The van der Waals surface area contributed by atoms with Gasteiger partial charge in [0.2, 0.25) is 0 Å². The second-order valence-corrected chi connectivity index (χ2v) is 3.60. The molecular formula is C9H16O4. The molecule has 0 aliphatic carbocycles. The van der Waals surface area contributed by atoms with Crippen LogP contribution in [0.4, 0.5) is 0 Å². The maximum Gasteiger partial charge on any atom is 0.306 e. The van der Waals surface area contributed by atoms with Crippen LogP contribution in [0.15, 0.2) is 0 Å². The molecule has 0 radical (unpaired) electrons. The summed E-state index contributed by atoms with van der Waals surface area (Å²) in [6.07, 6.45) is 0.704. The van der Waals surface area contributed by atoms with Gasteiger partial charge in [0.1, 0.15) is 0 Å². The van der Waals surface area contributed by atoms with Gasteiger partial charge in [-0.25, -0.2) is 0 Å². The lowest BCUT2D eigenvalue weighted by Crippen LogP contribution is -2.17. The second-order valence-electron chi connectivity index (χ2n) is 3.60. The van der Waals surface area contributed by atoms with Crippen LogP contribution in [0.25, 0.3) is 0 Å². The summed E-state index contributed by atoms with van der Waals surface area (Å²) in [7, 11) is 0. The van der Waals surface area contributed by atoms with Gasteiger partial charge in [0, 0.05) is 6.42 Å². The molecule has 4 heteroatoms. The second kappa shape index (κ2) is 5.56. The van der Waals surface area contributed by atoms with Gasteiger partial charge in [-0.1, -0.05) is 13.8 Å². The van der Waals surface area contributed by atoms with E-state index >= 15 is 0 Å². The van der Waals surface area contributed by atoms with Crippen LogP contribution in [-0.4, -0.2) is 22.2 Å². The molecule has 4 nitrogen and oxygen atoms in total. The minimum absolute atomic E-state index is 0.0658. The van der Waals surface area contributed by atoms with Crippen LogP contribution in [0.3, 0.4) is 0 Å². The fraction of sp³-hybridized carbons (Fsp3) is 0.778. The maximum atomic E-state index is 10.7. The Labute approximate surface area is 77.6 Å². The lowest BCUT2D eigenvalue weighted by atomic mass is 9.93. The van der Waals surface area contributed by atoms with Gasteiger partial charge in [0.15, 0.2) is 0 Å². The Morgan fingerprint density at radius 1 is 1.23 bits per heavy atom. The lowest BCUT2D eigenvalue weighted by molar-refractivity contribution is -0.143. The Hall–Kier alpha value is -1.06. The van der Waals surface area contributed by atoms with Gasteiger partial charge in [-0.05, 0) is 18.8 Å². The van der Waals surface area contributed by atoms with Crippen molar-refractivity contribution < 1.29 is 19.8 Å². The van der Waals surface area contributed by atoms with Crippen LogP contribution in [-0.2, 0) is 9.59 Å². The number of aliphatic carboxylic acids is 2. The van der Waals surface area contributed by atoms with Crippen molar-refractivity contribution in [2.45, 2.75) is 33.1 Å². The normalized spacial score (nSPS) is 12.8. The third kappa shape index (κ3) is 6.13. The van der Waals surface area contributed by atoms with E-state index in [1.54, 1.807) is 0 Å². The molecule has 76 valence electrons. The third-order valence-corrected chi connectivity index (χ3v) is 1.81. The fourth-order valence-corrected chi connectivity index (χ4v) is 1.21. The molecular weight excluding hydrogens is 172 g/mol. The molecule has 0 aromatic heterocycles. The predicted molar refractivity (Wildman–Crippen MR) is 47.5 cm³/mol. The summed E-state index contributed by atoms with van der Waals surface area (Å²) < 4.78 is 0. The average Bonchev–Trinajstić information content (AvgIpc) is 1.96. The highest BCUT2D eigenvalue weighted by atomic mass is 16.4. The Morgan fingerprint density at radius 2 is 1.77 bits per heavy atom. The quantitative estimate of drug-likeness (QED) is 0.663. The fourth-order valence-electron chi connectivity index (χ4n) is 1.21. The van der Waals surface area contributed by atoms with E-state index in [0.29, 0.717) is 6.42 Å². The highest BCUT2D eigenvalue weighted by Gasteiger charge is 2.19. The topological polar surface area (TPSA) is 74.6 Å². The average molecular weight is 188 g/mol. The summed E-state index contributed by atoms with van der Waals surface area (Å²) in [5.74, 6) is -2.06. The first-order valence-electron chi connectivity index (χ1n) is 4.38. The van der Waals surface area contributed by atoms with E-state index < -0.39 is 17.9 Å². The largest absolute Gasteiger partial charge is 0.481 e. The van der Waals surface area contributed by atoms with E-state index in [1.807, 2.05) is 13.8 Å². The van der Waals surface area contributed by atoms with E-state index in [2.05, 4.69) is 0 Å². The van der Waals surface area contributed by atoms with Gasteiger partial charge in [0.25, 0.3) is 0 Å². The Morgan fingerprint density at radius 3 is 2.08 bits per heavy atom. The molecule has 0 fully saturated rings. The summed E-state index contributed by atoms with van der Waals surface area (Å²) in [6.45, 7) is 3.85. The zero-order valence-corrected chi connectivity index (χ0v) is 7.99. The molecule has 0 aliphatic heterocycles. The Kier molecular flexibility index (Phi) is 5.11. The van der Waals surface area contributed by atoms with Crippen molar-refractivity contribution >= 4 is 11.9 Å². The number of carboxylic acid groups (broad SMARTS) is 2. The van der Waals surface area contributed by atoms with E-state index in [9.17, 15) is 9.59 Å². The minimum atomic E-state index is -0.935. The molecule has 0 spiro atoms. The van der Waals surface area contributed by atoms with Crippen molar-refractivity contribution in [1.29, 1.82) is 0 Å². The van der Waals surface area contributed by atoms with Crippen LogP contribution in [0.5, 0.6) is 0 Å². The smallest absolute Gasteiger partial charge is 0.306 e. The monoisotopic (exact) mass is 188 g/mol. The van der Waals surface area contributed by atoms with Crippen LogP contribution in [0.2, 0.25) is 0 Å². The predicted octanol–water partition coefficient (Wildman–Crippen LogP) is 1.60. The standard InChI is InChI=1S/C9H16O4/c1-6(2)5-7(9(12)13)3-4-8(10)11/h6-7H,3-5H2,1-2H3,(H,10,11)(H,12,13)/t7-/m0/s1. The molecule has 0 saturated heterocycles. The Balaban J connectivity index is 3.95. The first-order chi connectivity index (χ1) is 5.93. The molecule has 0 bridgehead atoms. The van der Waals surface area contributed by atoms with Gasteiger partial charge in [-0.3, -0.25) is 9.59 Å². The van der Waals surface area contributed by atoms with Gasteiger partial charge < -0.3 is 10.2 Å². The summed E-state index contributed by atoms with van der Waals surface area (Å²) in [5, 5.41) is 17.1. The van der Waals surface area contributed by atoms with Crippen molar-refractivity contribution in [3.8, 4) is 0 Å². The maximum absolute atomic E-state index is 10.7. The number of carboxylic acids is 2. The molecule has 0 amide bonds. The van der Waals surface area contributed by atoms with E-state index in [-0.39, 0.29) is 18.8 Å². The van der Waals surface area contributed by atoms with Crippen LogP contribution in [0.1, 0.15) is 33.1 Å². The first-order valence-corrected chi connectivity index (χ1v) is 4.38. The van der Waals surface area contributed by atoms with Crippen molar-refractivity contribution in [2.75, 3.05) is 0 Å². The summed E-state index contributed by atoms with van der Waals surface area (Å²) in [5.41, 5.74) is 0. The lowest BCUT2D eigenvalue weighted by Gasteiger charge is -2.12. The SMILES string of the molecule is CC(C)C[C@H](CCC(=O)O)C(=O)O. The molecule has 0 saturated carbocycles. The van der Waals surface area contributed by atoms with Crippen LogP contribution < -0.4 is 0 Å². The van der Waals surface area contributed by atoms with Crippen molar-refractivity contribution in [1.82, 2.24) is 0 Å². The summed E-state index contributed by atoms with van der Waals surface area (Å²) in [4.78, 5) is 20.9. The molecule has 0 aliphatic rings. The number of carbonyl (C=O) groups is 2. The van der Waals surface area contributed by atoms with Gasteiger partial charge >= 0.3 is 11.9 Å². The Bertz CT molecular complexity index is 186. The molecule has 0 unspecified atom stereocenters. The third-order valence-electron chi connectivity index (χ3n) is 1.81. The molecule has 0 heterocycles. The van der Waals surface area contributed by atoms with Gasteiger partial charge in [-0.2, -0.15) is 0 Å². The summed E-state index contributed by atoms with van der Waals surface area (Å²) in [6, 6.07) is 0. The zero-order chi connectivity index (χ0) is 10.4. The molecule has 13 heavy (non-hydrogen) atoms. The van der Waals surface area contributed by atoms with Gasteiger partial charge in [0.05, 0.1) is 5.92 Å². The van der Waals surface area contributed by atoms with E-state index in [4.69, 9.17) is 10.2 Å². The molecule has 2 N–H and O–H groups in total.